The molecular weight excluding hydrogens is 327 g/mol. The van der Waals surface area contributed by atoms with Gasteiger partial charge in [-0.15, -0.1) is 0 Å². The van der Waals surface area contributed by atoms with Gasteiger partial charge in [0.1, 0.15) is 5.82 Å². The zero-order chi connectivity index (χ0) is 15.0. The van der Waals surface area contributed by atoms with Crippen molar-refractivity contribution in [1.82, 2.24) is 10.6 Å². The molecule has 0 aliphatic carbocycles. The van der Waals surface area contributed by atoms with Crippen molar-refractivity contribution in [3.63, 3.8) is 0 Å². The zero-order valence-corrected chi connectivity index (χ0v) is 13.0. The average Bonchev–Trinajstić information content (AvgIpc) is 2.41. The van der Waals surface area contributed by atoms with E-state index in [2.05, 4.69) is 26.6 Å². The molecule has 0 aliphatic rings. The van der Waals surface area contributed by atoms with Crippen LogP contribution in [-0.2, 0) is 6.42 Å². The van der Waals surface area contributed by atoms with Gasteiger partial charge in [-0.1, -0.05) is 22.9 Å². The van der Waals surface area contributed by atoms with Crippen LogP contribution >= 0.6 is 15.9 Å². The number of carbonyl (C=O) groups excluding carboxylic acids is 1. The summed E-state index contributed by atoms with van der Waals surface area (Å²) in [6, 6.07) is 4.47. The van der Waals surface area contributed by atoms with Crippen molar-refractivity contribution in [2.24, 2.45) is 5.92 Å². The molecule has 0 saturated carbocycles. The van der Waals surface area contributed by atoms with Crippen LogP contribution in [0.4, 0.5) is 9.18 Å². The van der Waals surface area contributed by atoms with E-state index in [0.717, 1.165) is 4.47 Å². The van der Waals surface area contributed by atoms with Gasteiger partial charge in [-0.25, -0.2) is 9.18 Å². The molecule has 1 rings (SSSR count). The lowest BCUT2D eigenvalue weighted by molar-refractivity contribution is 0.234. The predicted octanol–water partition coefficient (Wildman–Crippen LogP) is 2.45. The molecule has 3 N–H and O–H groups in total. The summed E-state index contributed by atoms with van der Waals surface area (Å²) in [5, 5.41) is 14.1. The highest BCUT2D eigenvalue weighted by Crippen LogP contribution is 2.15. The maximum atomic E-state index is 13.5. The number of halogens is 2. The molecular formula is C14H20BrFN2O2. The lowest BCUT2D eigenvalue weighted by Gasteiger charge is -2.12. The highest BCUT2D eigenvalue weighted by Gasteiger charge is 2.06. The summed E-state index contributed by atoms with van der Waals surface area (Å²) in [4.78, 5) is 11.5. The first-order valence-electron chi connectivity index (χ1n) is 6.59. The summed E-state index contributed by atoms with van der Waals surface area (Å²) in [6.45, 7) is 2.95. The van der Waals surface area contributed by atoms with Gasteiger partial charge in [0.2, 0.25) is 0 Å². The fraction of sp³-hybridized carbons (Fsp3) is 0.500. The van der Waals surface area contributed by atoms with Crippen molar-refractivity contribution >= 4 is 22.0 Å². The molecule has 1 unspecified atom stereocenters. The Hall–Kier alpha value is -1.14. The van der Waals surface area contributed by atoms with E-state index in [4.69, 9.17) is 5.11 Å². The van der Waals surface area contributed by atoms with Crippen LogP contribution in [0, 0.1) is 11.7 Å². The van der Waals surface area contributed by atoms with E-state index in [1.54, 1.807) is 12.1 Å². The average molecular weight is 347 g/mol. The Labute approximate surface area is 126 Å². The Morgan fingerprint density at radius 3 is 2.90 bits per heavy atom. The van der Waals surface area contributed by atoms with E-state index in [1.165, 1.54) is 6.07 Å². The van der Waals surface area contributed by atoms with Crippen molar-refractivity contribution in [2.45, 2.75) is 19.8 Å². The van der Waals surface area contributed by atoms with E-state index in [0.29, 0.717) is 31.5 Å². The van der Waals surface area contributed by atoms with Crippen LogP contribution < -0.4 is 10.6 Å². The zero-order valence-electron chi connectivity index (χ0n) is 11.5. The Kier molecular flexibility index (Phi) is 7.54. The third-order valence-corrected chi connectivity index (χ3v) is 3.41. The van der Waals surface area contributed by atoms with E-state index in [1.807, 2.05) is 6.92 Å². The molecule has 20 heavy (non-hydrogen) atoms. The van der Waals surface area contributed by atoms with Gasteiger partial charge in [0.25, 0.3) is 0 Å². The first-order valence-corrected chi connectivity index (χ1v) is 7.38. The van der Waals surface area contributed by atoms with Crippen LogP contribution in [0.3, 0.4) is 0 Å². The van der Waals surface area contributed by atoms with Gasteiger partial charge >= 0.3 is 6.03 Å². The topological polar surface area (TPSA) is 61.4 Å². The van der Waals surface area contributed by atoms with Crippen LogP contribution in [0.2, 0.25) is 0 Å². The Bertz CT molecular complexity index is 443. The van der Waals surface area contributed by atoms with Crippen molar-refractivity contribution in [1.29, 1.82) is 0 Å². The normalized spacial score (nSPS) is 12.0. The largest absolute Gasteiger partial charge is 0.396 e. The minimum Gasteiger partial charge on any atom is -0.396 e. The highest BCUT2D eigenvalue weighted by molar-refractivity contribution is 9.10. The number of urea groups is 1. The highest BCUT2D eigenvalue weighted by atomic mass is 79.9. The third kappa shape index (κ3) is 6.34. The van der Waals surface area contributed by atoms with Crippen LogP contribution in [0.25, 0.3) is 0 Å². The molecule has 0 radical (unpaired) electrons. The minimum atomic E-state index is -0.273. The molecule has 0 aliphatic heterocycles. The molecule has 6 heteroatoms. The second-order valence-electron chi connectivity index (χ2n) is 4.74. The summed E-state index contributed by atoms with van der Waals surface area (Å²) >= 11 is 3.29. The number of aliphatic hydroxyl groups is 1. The molecule has 4 nitrogen and oxygen atoms in total. The summed E-state index contributed by atoms with van der Waals surface area (Å²) in [6.07, 6.45) is 1.09. The fourth-order valence-electron chi connectivity index (χ4n) is 1.70. The summed E-state index contributed by atoms with van der Waals surface area (Å²) in [7, 11) is 0. The number of hydrogen-bond acceptors (Lipinski definition) is 2. The third-order valence-electron chi connectivity index (χ3n) is 2.92. The van der Waals surface area contributed by atoms with Crippen LogP contribution in [0.1, 0.15) is 18.9 Å². The standard InChI is InChI=1S/C14H20BrFN2O2/c1-10(5-7-19)9-18-14(20)17-6-4-11-8-12(15)2-3-13(11)16/h2-3,8,10,19H,4-7,9H2,1H3,(H2,17,18,20). The second-order valence-corrected chi connectivity index (χ2v) is 5.66. The van der Waals surface area contributed by atoms with Crippen LogP contribution in [0.15, 0.2) is 22.7 Å². The lowest BCUT2D eigenvalue weighted by atomic mass is 10.1. The number of nitrogens with one attached hydrogen (secondary N) is 2. The molecule has 1 atom stereocenters. The number of rotatable bonds is 7. The van der Waals surface area contributed by atoms with Crippen molar-refractivity contribution in [3.8, 4) is 0 Å². The molecule has 2 amide bonds. The second kappa shape index (κ2) is 8.92. The molecule has 0 bridgehead atoms. The maximum absolute atomic E-state index is 13.5. The number of aliphatic hydroxyl groups excluding tert-OH is 1. The molecule has 0 fully saturated rings. The van der Waals surface area contributed by atoms with E-state index in [9.17, 15) is 9.18 Å². The molecule has 0 spiro atoms. The van der Waals surface area contributed by atoms with Crippen molar-refractivity contribution in [2.75, 3.05) is 19.7 Å². The molecule has 1 aromatic carbocycles. The number of hydrogen-bond donors (Lipinski definition) is 3. The monoisotopic (exact) mass is 346 g/mol. The van der Waals surface area contributed by atoms with Gasteiger partial charge in [0, 0.05) is 24.2 Å². The Morgan fingerprint density at radius 1 is 1.45 bits per heavy atom. The van der Waals surface area contributed by atoms with Gasteiger partial charge in [0.05, 0.1) is 0 Å². The molecule has 0 heterocycles. The van der Waals surface area contributed by atoms with Gasteiger partial charge in [-0.2, -0.15) is 0 Å². The summed E-state index contributed by atoms with van der Waals surface area (Å²) in [5.74, 6) is -0.0414. The first kappa shape index (κ1) is 16.9. The van der Waals surface area contributed by atoms with Crippen molar-refractivity contribution < 1.29 is 14.3 Å². The van der Waals surface area contributed by atoms with E-state index < -0.39 is 0 Å². The predicted molar refractivity (Wildman–Crippen MR) is 80.1 cm³/mol. The van der Waals surface area contributed by atoms with Gasteiger partial charge < -0.3 is 15.7 Å². The Morgan fingerprint density at radius 2 is 2.20 bits per heavy atom. The SMILES string of the molecule is CC(CCO)CNC(=O)NCCc1cc(Br)ccc1F. The van der Waals surface area contributed by atoms with Gasteiger partial charge in [-0.3, -0.25) is 0 Å². The molecule has 112 valence electrons. The number of carbonyl (C=O) groups is 1. The van der Waals surface area contributed by atoms with Gasteiger partial charge in [-0.05, 0) is 42.5 Å². The first-order chi connectivity index (χ1) is 9.52. The maximum Gasteiger partial charge on any atom is 0.314 e. The quantitative estimate of drug-likeness (QED) is 0.710. The van der Waals surface area contributed by atoms with Crippen LogP contribution in [-0.4, -0.2) is 30.8 Å². The summed E-state index contributed by atoms with van der Waals surface area (Å²) in [5.41, 5.74) is 0.563. The number of amides is 2. The lowest BCUT2D eigenvalue weighted by Crippen LogP contribution is -2.38. The van der Waals surface area contributed by atoms with E-state index >= 15 is 0 Å². The summed E-state index contributed by atoms with van der Waals surface area (Å²) < 4.78 is 14.3. The van der Waals surface area contributed by atoms with E-state index in [-0.39, 0.29) is 24.4 Å². The minimum absolute atomic E-state index is 0.118. The van der Waals surface area contributed by atoms with Crippen LogP contribution in [0.5, 0.6) is 0 Å². The van der Waals surface area contributed by atoms with Crippen molar-refractivity contribution in [3.05, 3.63) is 34.1 Å². The number of benzene rings is 1. The molecule has 0 aromatic heterocycles. The molecule has 1 aromatic rings. The smallest absolute Gasteiger partial charge is 0.314 e. The van der Waals surface area contributed by atoms with Gasteiger partial charge in [0.15, 0.2) is 0 Å². The Balaban J connectivity index is 2.26. The molecule has 0 saturated heterocycles. The fourth-order valence-corrected chi connectivity index (χ4v) is 2.11.